The smallest absolute Gasteiger partial charge is 0.220 e. The number of halogens is 1. The molecule has 0 saturated heterocycles. The lowest BCUT2D eigenvalue weighted by molar-refractivity contribution is -0.121. The van der Waals surface area contributed by atoms with Gasteiger partial charge < -0.3 is 14.5 Å². The molecule has 0 aliphatic rings. The van der Waals surface area contributed by atoms with Crippen LogP contribution in [0.4, 0.5) is 4.39 Å². The lowest BCUT2D eigenvalue weighted by Crippen LogP contribution is -2.26. The second-order valence-electron chi connectivity index (χ2n) is 6.42. The molecule has 3 aromatic rings. The fraction of sp³-hybridized carbons (Fsp3) is 0.273. The van der Waals surface area contributed by atoms with Gasteiger partial charge in [-0.3, -0.25) is 4.79 Å². The van der Waals surface area contributed by atoms with Gasteiger partial charge in [0, 0.05) is 18.4 Å². The number of oxazole rings is 1. The first-order valence-electron chi connectivity index (χ1n) is 9.28. The number of nitrogens with one attached hydrogen (secondary N) is 1. The number of carbonyl (C=O) groups excluding carboxylic acids is 1. The molecule has 1 aromatic heterocycles. The Morgan fingerprint density at radius 1 is 1.18 bits per heavy atom. The standard InChI is InChI=1S/C22H23FN2O3/c1-3-27-19-10-6-17(7-11-19)20-14-24-22(28-20)13-12-21(26)25-15(2)16-4-8-18(23)9-5-16/h4-11,14-15H,3,12-13H2,1-2H3,(H,25,26)/t15-/m1/s1. The van der Waals surface area contributed by atoms with Gasteiger partial charge in [0.25, 0.3) is 0 Å². The molecule has 1 N–H and O–H groups in total. The number of ether oxygens (including phenoxy) is 1. The van der Waals surface area contributed by atoms with Gasteiger partial charge in [-0.15, -0.1) is 0 Å². The van der Waals surface area contributed by atoms with Crippen molar-refractivity contribution in [2.45, 2.75) is 32.7 Å². The summed E-state index contributed by atoms with van der Waals surface area (Å²) in [5, 5.41) is 2.90. The molecule has 0 saturated carbocycles. The van der Waals surface area contributed by atoms with Gasteiger partial charge in [-0.25, -0.2) is 9.37 Å². The molecular formula is C22H23FN2O3. The lowest BCUT2D eigenvalue weighted by atomic mass is 10.1. The Balaban J connectivity index is 1.52. The van der Waals surface area contributed by atoms with E-state index in [4.69, 9.17) is 9.15 Å². The molecule has 0 bridgehead atoms. The molecule has 3 rings (SSSR count). The van der Waals surface area contributed by atoms with Crippen LogP contribution in [0.3, 0.4) is 0 Å². The first-order valence-corrected chi connectivity index (χ1v) is 9.28. The summed E-state index contributed by atoms with van der Waals surface area (Å²) in [5.41, 5.74) is 1.75. The van der Waals surface area contributed by atoms with Gasteiger partial charge in [0.15, 0.2) is 11.7 Å². The van der Waals surface area contributed by atoms with E-state index in [1.165, 1.54) is 12.1 Å². The van der Waals surface area contributed by atoms with Crippen LogP contribution in [0, 0.1) is 5.82 Å². The first kappa shape index (κ1) is 19.6. The fourth-order valence-corrected chi connectivity index (χ4v) is 2.81. The normalized spacial score (nSPS) is 11.8. The number of aromatic nitrogens is 1. The van der Waals surface area contributed by atoms with E-state index in [1.54, 1.807) is 18.3 Å². The predicted octanol–water partition coefficient (Wildman–Crippen LogP) is 4.69. The van der Waals surface area contributed by atoms with Crippen LogP contribution in [0.5, 0.6) is 5.75 Å². The summed E-state index contributed by atoms with van der Waals surface area (Å²) < 4.78 is 24.2. The Morgan fingerprint density at radius 2 is 1.89 bits per heavy atom. The molecule has 0 unspecified atom stereocenters. The number of carbonyl (C=O) groups is 1. The van der Waals surface area contributed by atoms with Crippen LogP contribution in [-0.4, -0.2) is 17.5 Å². The van der Waals surface area contributed by atoms with Gasteiger partial charge in [0.2, 0.25) is 5.91 Å². The van der Waals surface area contributed by atoms with Crippen molar-refractivity contribution in [2.24, 2.45) is 0 Å². The molecule has 1 amide bonds. The van der Waals surface area contributed by atoms with Crippen LogP contribution < -0.4 is 10.1 Å². The molecule has 0 fully saturated rings. The maximum Gasteiger partial charge on any atom is 0.220 e. The molecule has 0 aliphatic carbocycles. The predicted molar refractivity (Wildman–Crippen MR) is 104 cm³/mol. The molecule has 1 heterocycles. The van der Waals surface area contributed by atoms with Crippen LogP contribution in [0.2, 0.25) is 0 Å². The first-order chi connectivity index (χ1) is 13.5. The molecule has 1 atom stereocenters. The fourth-order valence-electron chi connectivity index (χ4n) is 2.81. The Bertz CT molecular complexity index is 904. The topological polar surface area (TPSA) is 64.4 Å². The van der Waals surface area contributed by atoms with Crippen LogP contribution >= 0.6 is 0 Å². The van der Waals surface area contributed by atoms with Crippen molar-refractivity contribution < 1.29 is 18.3 Å². The number of aryl methyl sites for hydroxylation is 1. The Morgan fingerprint density at radius 3 is 2.57 bits per heavy atom. The summed E-state index contributed by atoms with van der Waals surface area (Å²) in [6.07, 6.45) is 2.32. The van der Waals surface area contributed by atoms with Crippen LogP contribution in [0.25, 0.3) is 11.3 Å². The van der Waals surface area contributed by atoms with Crippen molar-refractivity contribution in [1.29, 1.82) is 0 Å². The van der Waals surface area contributed by atoms with Crippen LogP contribution in [0.1, 0.15) is 37.8 Å². The lowest BCUT2D eigenvalue weighted by Gasteiger charge is -2.14. The molecule has 6 heteroatoms. The third kappa shape index (κ3) is 5.19. The van der Waals surface area contributed by atoms with E-state index in [9.17, 15) is 9.18 Å². The number of nitrogens with zero attached hydrogens (tertiary/aromatic N) is 1. The van der Waals surface area contributed by atoms with Gasteiger partial charge in [-0.1, -0.05) is 12.1 Å². The highest BCUT2D eigenvalue weighted by atomic mass is 19.1. The van der Waals surface area contributed by atoms with E-state index in [1.807, 2.05) is 38.1 Å². The minimum Gasteiger partial charge on any atom is -0.494 e. The summed E-state index contributed by atoms with van der Waals surface area (Å²) in [7, 11) is 0. The largest absolute Gasteiger partial charge is 0.494 e. The molecule has 2 aromatic carbocycles. The monoisotopic (exact) mass is 382 g/mol. The van der Waals surface area contributed by atoms with Crippen LogP contribution in [0.15, 0.2) is 59.1 Å². The summed E-state index contributed by atoms with van der Waals surface area (Å²) in [6.45, 7) is 4.42. The summed E-state index contributed by atoms with van der Waals surface area (Å²) in [6, 6.07) is 13.5. The van der Waals surface area contributed by atoms with Crippen molar-refractivity contribution in [3.8, 4) is 17.1 Å². The van der Waals surface area contributed by atoms with Crippen LogP contribution in [-0.2, 0) is 11.2 Å². The minimum atomic E-state index is -0.297. The van der Waals surface area contributed by atoms with Crippen molar-refractivity contribution in [2.75, 3.05) is 6.61 Å². The van der Waals surface area contributed by atoms with Gasteiger partial charge >= 0.3 is 0 Å². The summed E-state index contributed by atoms with van der Waals surface area (Å²) in [5.74, 6) is 1.55. The third-order valence-corrected chi connectivity index (χ3v) is 4.32. The second-order valence-corrected chi connectivity index (χ2v) is 6.42. The molecular weight excluding hydrogens is 359 g/mol. The quantitative estimate of drug-likeness (QED) is 0.614. The molecule has 0 spiro atoms. The molecule has 28 heavy (non-hydrogen) atoms. The number of hydrogen-bond acceptors (Lipinski definition) is 4. The molecule has 0 aliphatic heterocycles. The zero-order valence-electron chi connectivity index (χ0n) is 15.9. The highest BCUT2D eigenvalue weighted by Gasteiger charge is 2.12. The third-order valence-electron chi connectivity index (χ3n) is 4.32. The Labute approximate surface area is 163 Å². The van der Waals surface area contributed by atoms with Gasteiger partial charge in [0.05, 0.1) is 18.8 Å². The highest BCUT2D eigenvalue weighted by Crippen LogP contribution is 2.23. The van der Waals surface area contributed by atoms with E-state index in [2.05, 4.69) is 10.3 Å². The van der Waals surface area contributed by atoms with Gasteiger partial charge in [-0.05, 0) is 55.8 Å². The van der Waals surface area contributed by atoms with E-state index in [0.717, 1.165) is 16.9 Å². The maximum atomic E-state index is 13.0. The number of rotatable bonds is 8. The number of benzene rings is 2. The average Bonchev–Trinajstić information content (AvgIpc) is 3.17. The zero-order chi connectivity index (χ0) is 19.9. The minimum absolute atomic E-state index is 0.113. The Hall–Kier alpha value is -3.15. The SMILES string of the molecule is CCOc1ccc(-c2cnc(CCC(=O)N[C@H](C)c3ccc(F)cc3)o2)cc1. The maximum absolute atomic E-state index is 13.0. The zero-order valence-corrected chi connectivity index (χ0v) is 15.9. The van der Waals surface area contributed by atoms with Gasteiger partial charge in [-0.2, -0.15) is 0 Å². The average molecular weight is 382 g/mol. The van der Waals surface area contributed by atoms with E-state index in [-0.39, 0.29) is 24.2 Å². The van der Waals surface area contributed by atoms with E-state index < -0.39 is 0 Å². The second kappa shape index (κ2) is 9.17. The highest BCUT2D eigenvalue weighted by molar-refractivity contribution is 5.76. The summed E-state index contributed by atoms with van der Waals surface area (Å²) >= 11 is 0. The number of amides is 1. The molecule has 0 radical (unpaired) electrons. The van der Waals surface area contributed by atoms with Crippen molar-refractivity contribution in [1.82, 2.24) is 10.3 Å². The number of hydrogen-bond donors (Lipinski definition) is 1. The van der Waals surface area contributed by atoms with Crippen molar-refractivity contribution >= 4 is 5.91 Å². The molecule has 5 nitrogen and oxygen atoms in total. The summed E-state index contributed by atoms with van der Waals surface area (Å²) in [4.78, 5) is 16.4. The van der Waals surface area contributed by atoms with Crippen molar-refractivity contribution in [3.63, 3.8) is 0 Å². The van der Waals surface area contributed by atoms with E-state index >= 15 is 0 Å². The van der Waals surface area contributed by atoms with Crippen molar-refractivity contribution in [3.05, 3.63) is 72.0 Å². The Kier molecular flexibility index (Phi) is 6.42. The van der Waals surface area contributed by atoms with Gasteiger partial charge in [0.1, 0.15) is 11.6 Å². The molecule has 146 valence electrons. The van der Waals surface area contributed by atoms with E-state index in [0.29, 0.717) is 24.7 Å².